The van der Waals surface area contributed by atoms with Crippen LogP contribution in [0.15, 0.2) is 66.3 Å². The first-order chi connectivity index (χ1) is 17.1. The molecule has 5 heterocycles. The zero-order chi connectivity index (χ0) is 24.4. The van der Waals surface area contributed by atoms with Gasteiger partial charge in [0.05, 0.1) is 12.1 Å². The summed E-state index contributed by atoms with van der Waals surface area (Å²) >= 11 is 0. The molecule has 9 heteroatoms. The largest absolute Gasteiger partial charge is 0.396 e. The maximum Gasteiger partial charge on any atom is 0.258 e. The summed E-state index contributed by atoms with van der Waals surface area (Å²) in [7, 11) is 0. The fourth-order valence-electron chi connectivity index (χ4n) is 5.52. The van der Waals surface area contributed by atoms with Crippen LogP contribution in [0.1, 0.15) is 35.3 Å². The molecule has 0 saturated carbocycles. The van der Waals surface area contributed by atoms with Crippen LogP contribution in [0.5, 0.6) is 0 Å². The molecule has 1 saturated heterocycles. The lowest BCUT2D eigenvalue weighted by Gasteiger charge is -2.30. The van der Waals surface area contributed by atoms with E-state index in [1.54, 1.807) is 29.4 Å². The summed E-state index contributed by atoms with van der Waals surface area (Å²) in [5.41, 5.74) is 3.26. The number of amides is 1. The lowest BCUT2D eigenvalue weighted by Crippen LogP contribution is -2.48. The molecule has 0 aromatic carbocycles. The Hall–Kier alpha value is -3.69. The van der Waals surface area contributed by atoms with E-state index in [9.17, 15) is 14.7 Å². The molecule has 3 aromatic rings. The van der Waals surface area contributed by atoms with E-state index >= 15 is 0 Å². The number of nitrogens with zero attached hydrogens (tertiary/aromatic N) is 5. The van der Waals surface area contributed by atoms with E-state index in [4.69, 9.17) is 0 Å². The number of pyridine rings is 2. The van der Waals surface area contributed by atoms with Crippen LogP contribution < -0.4 is 10.9 Å². The first-order valence-electron chi connectivity index (χ1n) is 11.8. The highest BCUT2D eigenvalue weighted by atomic mass is 16.3. The normalized spacial score (nSPS) is 23.4. The summed E-state index contributed by atoms with van der Waals surface area (Å²) < 4.78 is 1.80. The van der Waals surface area contributed by atoms with Crippen LogP contribution in [-0.4, -0.2) is 48.1 Å². The predicted molar refractivity (Wildman–Crippen MR) is 130 cm³/mol. The van der Waals surface area contributed by atoms with E-state index in [-0.39, 0.29) is 36.0 Å². The average Bonchev–Trinajstić information content (AvgIpc) is 3.41. The van der Waals surface area contributed by atoms with Crippen LogP contribution >= 0.6 is 0 Å². The molecule has 0 bridgehead atoms. The molecule has 2 aliphatic rings. The van der Waals surface area contributed by atoms with Crippen molar-refractivity contribution in [2.45, 2.75) is 38.6 Å². The maximum absolute atomic E-state index is 13.5. The minimum atomic E-state index is -0.559. The molecule has 3 aromatic heterocycles. The molecule has 180 valence electrons. The lowest BCUT2D eigenvalue weighted by atomic mass is 9.88. The van der Waals surface area contributed by atoms with Gasteiger partial charge in [0.2, 0.25) is 5.91 Å². The molecule has 9 nitrogen and oxygen atoms in total. The van der Waals surface area contributed by atoms with Gasteiger partial charge in [0.25, 0.3) is 5.56 Å². The molecule has 1 fully saturated rings. The van der Waals surface area contributed by atoms with Gasteiger partial charge in [0.15, 0.2) is 0 Å². The Bertz CT molecular complexity index is 1280. The number of allylic oxidation sites excluding steroid dienone is 1. The number of rotatable bonds is 7. The number of hydrogen-bond donors (Lipinski definition) is 2. The first-order valence-corrected chi connectivity index (χ1v) is 11.8. The topological polar surface area (TPSA) is 113 Å². The number of nitrogens with one attached hydrogen (secondary N) is 1. The Kier molecular flexibility index (Phi) is 6.52. The number of fused-ring (bicyclic) bond motifs is 3. The second-order valence-corrected chi connectivity index (χ2v) is 9.02. The van der Waals surface area contributed by atoms with E-state index in [2.05, 4.69) is 25.2 Å². The maximum atomic E-state index is 13.5. The fourth-order valence-corrected chi connectivity index (χ4v) is 5.52. The van der Waals surface area contributed by atoms with Gasteiger partial charge in [-0.2, -0.15) is 0 Å². The van der Waals surface area contributed by atoms with E-state index in [0.29, 0.717) is 25.2 Å². The van der Waals surface area contributed by atoms with Crippen molar-refractivity contribution in [3.05, 3.63) is 94.2 Å². The van der Waals surface area contributed by atoms with Crippen molar-refractivity contribution >= 4 is 12.0 Å². The third-order valence-corrected chi connectivity index (χ3v) is 7.03. The summed E-state index contributed by atoms with van der Waals surface area (Å²) in [5, 5.41) is 13.5. The van der Waals surface area contributed by atoms with Crippen LogP contribution in [0.2, 0.25) is 0 Å². The van der Waals surface area contributed by atoms with Crippen LogP contribution in [0.4, 0.5) is 0 Å². The van der Waals surface area contributed by atoms with Crippen molar-refractivity contribution in [2.75, 3.05) is 6.61 Å². The van der Waals surface area contributed by atoms with Gasteiger partial charge in [0.1, 0.15) is 6.33 Å². The third kappa shape index (κ3) is 4.28. The quantitative estimate of drug-likeness (QED) is 0.536. The molecule has 0 spiro atoms. The predicted octanol–water partition coefficient (Wildman–Crippen LogP) is 1.55. The second kappa shape index (κ2) is 9.89. The number of carbonyl (C=O) groups is 1. The van der Waals surface area contributed by atoms with Gasteiger partial charge in [-0.3, -0.25) is 19.5 Å². The molecule has 0 aliphatic carbocycles. The Morgan fingerprint density at radius 2 is 1.91 bits per heavy atom. The standard InChI is InChI=1S/C26H28N6O3/c1-2-3-19-4-5-22-23-20(14-31(22)26(19)35)21(15-33)24(32(23)13-18-10-28-16-29-11-18)25(34)30-12-17-6-8-27-9-7-17/h2-11,16,20-21,23-24,33H,12-15H2,1H3,(H,30,34)/b3-2-/t20-,21-,23+,24-/m0/s1. The zero-order valence-corrected chi connectivity index (χ0v) is 19.5. The molecular weight excluding hydrogens is 444 g/mol. The van der Waals surface area contributed by atoms with Gasteiger partial charge in [-0.25, -0.2) is 9.97 Å². The molecule has 4 atom stereocenters. The Morgan fingerprint density at radius 1 is 1.14 bits per heavy atom. The van der Waals surface area contributed by atoms with Crippen molar-refractivity contribution < 1.29 is 9.90 Å². The van der Waals surface area contributed by atoms with Crippen molar-refractivity contribution in [1.29, 1.82) is 0 Å². The second-order valence-electron chi connectivity index (χ2n) is 9.02. The minimum absolute atomic E-state index is 0.0478. The van der Waals surface area contributed by atoms with Gasteiger partial charge < -0.3 is 15.0 Å². The Labute approximate surface area is 203 Å². The van der Waals surface area contributed by atoms with Crippen LogP contribution in [-0.2, 0) is 24.4 Å². The molecule has 0 radical (unpaired) electrons. The van der Waals surface area contributed by atoms with Crippen molar-refractivity contribution in [1.82, 2.24) is 29.7 Å². The number of carbonyl (C=O) groups excluding carboxylic acids is 1. The highest BCUT2D eigenvalue weighted by Gasteiger charge is 2.55. The molecule has 0 unspecified atom stereocenters. The van der Waals surface area contributed by atoms with Gasteiger partial charge in [0, 0.05) is 79.7 Å². The number of hydrogen-bond acceptors (Lipinski definition) is 7. The number of likely N-dealkylation sites (tertiary alicyclic amines) is 1. The fraction of sp³-hybridized carbons (Fsp3) is 0.346. The van der Waals surface area contributed by atoms with Crippen LogP contribution in [0, 0.1) is 11.8 Å². The van der Waals surface area contributed by atoms with Gasteiger partial charge in [-0.15, -0.1) is 0 Å². The Morgan fingerprint density at radius 3 is 2.63 bits per heavy atom. The summed E-state index contributed by atoms with van der Waals surface area (Å²) in [6, 6.07) is 6.79. The van der Waals surface area contributed by atoms with E-state index in [0.717, 1.165) is 16.8 Å². The molecule has 2 N–H and O–H groups in total. The van der Waals surface area contributed by atoms with Gasteiger partial charge in [-0.05, 0) is 36.8 Å². The van der Waals surface area contributed by atoms with Crippen molar-refractivity contribution in [3.63, 3.8) is 0 Å². The van der Waals surface area contributed by atoms with Gasteiger partial charge >= 0.3 is 0 Å². The summed E-state index contributed by atoms with van der Waals surface area (Å²) in [5.74, 6) is -0.548. The molecular formula is C26H28N6O3. The van der Waals surface area contributed by atoms with Gasteiger partial charge in [-0.1, -0.05) is 12.2 Å². The summed E-state index contributed by atoms with van der Waals surface area (Å²) in [6.07, 6.45) is 12.0. The van der Waals surface area contributed by atoms with Crippen molar-refractivity contribution in [3.8, 4) is 0 Å². The first kappa shape index (κ1) is 23.1. The molecule has 1 amide bonds. The van der Waals surface area contributed by atoms with E-state index in [1.807, 2.05) is 43.3 Å². The van der Waals surface area contributed by atoms with Crippen LogP contribution in [0.25, 0.3) is 6.08 Å². The minimum Gasteiger partial charge on any atom is -0.396 e. The monoisotopic (exact) mass is 472 g/mol. The Balaban J connectivity index is 1.51. The number of aliphatic hydroxyl groups is 1. The number of aromatic nitrogens is 4. The van der Waals surface area contributed by atoms with E-state index < -0.39 is 6.04 Å². The third-order valence-electron chi connectivity index (χ3n) is 7.03. The lowest BCUT2D eigenvalue weighted by molar-refractivity contribution is -0.128. The summed E-state index contributed by atoms with van der Waals surface area (Å²) in [4.78, 5) is 41.1. The molecule has 2 aliphatic heterocycles. The zero-order valence-electron chi connectivity index (χ0n) is 19.5. The molecule has 5 rings (SSSR count). The average molecular weight is 473 g/mol. The SMILES string of the molecule is C/C=C\c1ccc2n(c1=O)C[C@H]1[C@H](CO)[C@@H](C(=O)NCc3ccncc3)N(Cc3cncnc3)[C@@H]21. The highest BCUT2D eigenvalue weighted by Crippen LogP contribution is 2.49. The highest BCUT2D eigenvalue weighted by molar-refractivity contribution is 5.82. The smallest absolute Gasteiger partial charge is 0.258 e. The van der Waals surface area contributed by atoms with E-state index in [1.165, 1.54) is 6.33 Å². The van der Waals surface area contributed by atoms with Crippen LogP contribution in [0.3, 0.4) is 0 Å². The molecule has 35 heavy (non-hydrogen) atoms. The number of aliphatic hydroxyl groups excluding tert-OH is 1. The summed E-state index contributed by atoms with van der Waals surface area (Å²) in [6.45, 7) is 2.99. The van der Waals surface area contributed by atoms with Crippen molar-refractivity contribution in [2.24, 2.45) is 11.8 Å².